The Hall–Kier alpha value is -4.23. The number of nitrogens with one attached hydrogen (secondary N) is 2. The van der Waals surface area contributed by atoms with Gasteiger partial charge in [-0.3, -0.25) is 9.69 Å². The van der Waals surface area contributed by atoms with Gasteiger partial charge in [-0.05, 0) is 18.2 Å². The minimum Gasteiger partial charge on any atom is -0.361 e. The largest absolute Gasteiger partial charge is 0.361 e. The first-order valence-corrected chi connectivity index (χ1v) is 10.2. The number of hydrogen-bond acceptors (Lipinski definition) is 1. The van der Waals surface area contributed by atoms with Gasteiger partial charge in [-0.25, -0.2) is 0 Å². The summed E-state index contributed by atoms with van der Waals surface area (Å²) in [5.41, 5.74) is 4.67. The van der Waals surface area contributed by atoms with E-state index in [0.29, 0.717) is 0 Å². The summed E-state index contributed by atoms with van der Waals surface area (Å²) in [5.74, 6) is 2.65. The smallest absolute Gasteiger partial charge is 0.247 e. The second-order valence-corrected chi connectivity index (χ2v) is 7.86. The fourth-order valence-corrected chi connectivity index (χ4v) is 5.13. The number of aromatic nitrogens is 2. The number of hydrogen-bond donors (Lipinski definition) is 2. The van der Waals surface area contributed by atoms with Crippen LogP contribution in [-0.2, 0) is 10.2 Å². The molecule has 0 spiro atoms. The molecule has 2 aromatic heterocycles. The molecule has 0 radical (unpaired) electrons. The van der Waals surface area contributed by atoms with E-state index in [1.807, 2.05) is 73.1 Å². The van der Waals surface area contributed by atoms with Gasteiger partial charge in [-0.1, -0.05) is 60.5 Å². The molecule has 0 atom stereocenters. The number of carbonyl (C=O) groups is 1. The summed E-state index contributed by atoms with van der Waals surface area (Å²) in [6.07, 6.45) is 9.62. The van der Waals surface area contributed by atoms with Crippen LogP contribution in [0.15, 0.2) is 85.2 Å². The van der Waals surface area contributed by atoms with Crippen LogP contribution in [0, 0.1) is 12.3 Å². The molecule has 3 aromatic carbocycles. The number of amides is 1. The highest BCUT2D eigenvalue weighted by atomic mass is 16.2. The first-order chi connectivity index (χ1) is 15.3. The molecule has 3 heterocycles. The zero-order valence-corrected chi connectivity index (χ0v) is 16.7. The van der Waals surface area contributed by atoms with Crippen LogP contribution in [0.2, 0.25) is 0 Å². The maximum atomic E-state index is 14.4. The Morgan fingerprint density at radius 1 is 0.774 bits per heavy atom. The standard InChI is InChI=1S/C27H19N3O/c1-2-15-30-25-14-8-5-11-20(25)27(26(30)31,21-16-28-23-12-6-3-9-18(21)23)22-17-29-24-13-7-4-10-19(22)24/h1,3-14,16-17,28-29H,15H2. The fraction of sp³-hybridized carbons (Fsp3) is 0.0741. The van der Waals surface area contributed by atoms with Crippen molar-refractivity contribution >= 4 is 33.4 Å². The van der Waals surface area contributed by atoms with E-state index in [0.717, 1.165) is 44.2 Å². The van der Waals surface area contributed by atoms with Crippen molar-refractivity contribution in [2.45, 2.75) is 5.41 Å². The number of H-pyrrole nitrogens is 2. The fourth-order valence-electron chi connectivity index (χ4n) is 5.13. The van der Waals surface area contributed by atoms with Crippen molar-refractivity contribution < 1.29 is 4.79 Å². The highest BCUT2D eigenvalue weighted by Crippen LogP contribution is 2.53. The molecule has 1 aliphatic rings. The second-order valence-electron chi connectivity index (χ2n) is 7.86. The van der Waals surface area contributed by atoms with Gasteiger partial charge in [0.15, 0.2) is 0 Å². The Morgan fingerprint density at radius 2 is 1.32 bits per heavy atom. The van der Waals surface area contributed by atoms with Crippen LogP contribution in [-0.4, -0.2) is 22.4 Å². The maximum absolute atomic E-state index is 14.4. The van der Waals surface area contributed by atoms with Crippen molar-refractivity contribution in [1.82, 2.24) is 9.97 Å². The number of aromatic amines is 2. The first kappa shape index (κ1) is 17.6. The predicted octanol–water partition coefficient (Wildman–Crippen LogP) is 4.96. The third kappa shape index (κ3) is 2.18. The first-order valence-electron chi connectivity index (χ1n) is 10.2. The summed E-state index contributed by atoms with van der Waals surface area (Å²) in [6, 6.07) is 24.2. The van der Waals surface area contributed by atoms with E-state index in [2.05, 4.69) is 28.0 Å². The lowest BCUT2D eigenvalue weighted by atomic mass is 9.70. The van der Waals surface area contributed by atoms with Crippen LogP contribution in [0.4, 0.5) is 5.69 Å². The summed E-state index contributed by atoms with van der Waals surface area (Å²) in [7, 11) is 0. The van der Waals surface area contributed by atoms with E-state index in [9.17, 15) is 4.79 Å². The van der Waals surface area contributed by atoms with Gasteiger partial charge in [0.1, 0.15) is 5.41 Å². The van der Waals surface area contributed by atoms with Crippen LogP contribution in [0.25, 0.3) is 21.8 Å². The molecule has 4 heteroatoms. The minimum absolute atomic E-state index is 0.0267. The van der Waals surface area contributed by atoms with Crippen LogP contribution in [0.1, 0.15) is 16.7 Å². The lowest BCUT2D eigenvalue weighted by molar-refractivity contribution is -0.120. The molecule has 1 amide bonds. The van der Waals surface area contributed by atoms with Gasteiger partial charge < -0.3 is 9.97 Å². The van der Waals surface area contributed by atoms with Crippen LogP contribution >= 0.6 is 0 Å². The van der Waals surface area contributed by atoms with Crippen molar-refractivity contribution in [3.05, 3.63) is 102 Å². The Morgan fingerprint density at radius 3 is 1.94 bits per heavy atom. The summed E-state index contributed by atoms with van der Waals surface area (Å²) in [4.78, 5) is 22.8. The molecule has 2 N–H and O–H groups in total. The number of benzene rings is 3. The highest BCUT2D eigenvalue weighted by molar-refractivity contribution is 6.16. The van der Waals surface area contributed by atoms with Gasteiger partial charge in [0, 0.05) is 56.6 Å². The third-order valence-electron chi connectivity index (χ3n) is 6.40. The number of fused-ring (bicyclic) bond motifs is 3. The molecule has 0 fully saturated rings. The highest BCUT2D eigenvalue weighted by Gasteiger charge is 2.55. The molecule has 0 unspecified atom stereocenters. The molecule has 5 aromatic rings. The van der Waals surface area contributed by atoms with Gasteiger partial charge in [0.2, 0.25) is 5.91 Å². The Kier molecular flexibility index (Phi) is 3.63. The second kappa shape index (κ2) is 6.38. The summed E-state index contributed by atoms with van der Waals surface area (Å²) >= 11 is 0. The summed E-state index contributed by atoms with van der Waals surface area (Å²) < 4.78 is 0. The van der Waals surface area contributed by atoms with Gasteiger partial charge in [-0.15, -0.1) is 6.42 Å². The van der Waals surface area contributed by atoms with E-state index in [-0.39, 0.29) is 12.5 Å². The Balaban J connectivity index is 1.79. The molecule has 148 valence electrons. The number of terminal acetylenes is 1. The van der Waals surface area contributed by atoms with E-state index in [1.165, 1.54) is 0 Å². The van der Waals surface area contributed by atoms with E-state index >= 15 is 0 Å². The zero-order chi connectivity index (χ0) is 21.0. The molecule has 0 aliphatic carbocycles. The summed E-state index contributed by atoms with van der Waals surface area (Å²) in [6.45, 7) is 0.225. The number of carbonyl (C=O) groups excluding carboxylic acids is 1. The van der Waals surface area contributed by atoms with Crippen molar-refractivity contribution in [1.29, 1.82) is 0 Å². The molecular formula is C27H19N3O. The van der Waals surface area contributed by atoms with Crippen LogP contribution < -0.4 is 4.90 Å². The molecule has 31 heavy (non-hydrogen) atoms. The number of nitrogens with zero attached hydrogens (tertiary/aromatic N) is 1. The predicted molar refractivity (Wildman–Crippen MR) is 124 cm³/mol. The van der Waals surface area contributed by atoms with Crippen molar-refractivity contribution in [3.63, 3.8) is 0 Å². The van der Waals surface area contributed by atoms with E-state index in [4.69, 9.17) is 6.42 Å². The minimum atomic E-state index is -1.01. The Labute approximate surface area is 179 Å². The van der Waals surface area contributed by atoms with E-state index < -0.39 is 5.41 Å². The lowest BCUT2D eigenvalue weighted by Crippen LogP contribution is -2.42. The number of anilines is 1. The third-order valence-corrected chi connectivity index (χ3v) is 6.40. The average Bonchev–Trinajstić information content (AvgIpc) is 3.49. The van der Waals surface area contributed by atoms with Gasteiger partial charge in [-0.2, -0.15) is 0 Å². The molecule has 4 nitrogen and oxygen atoms in total. The molecule has 0 saturated heterocycles. The average molecular weight is 401 g/mol. The SMILES string of the molecule is C#CCN1C(=O)C(c2c[nH]c3ccccc23)(c2c[nH]c3ccccc23)c2ccccc21. The molecule has 1 aliphatic heterocycles. The number of rotatable bonds is 3. The lowest BCUT2D eigenvalue weighted by Gasteiger charge is -2.29. The summed E-state index contributed by atoms with van der Waals surface area (Å²) in [5, 5.41) is 2.05. The van der Waals surface area contributed by atoms with Gasteiger partial charge >= 0.3 is 0 Å². The van der Waals surface area contributed by atoms with E-state index in [1.54, 1.807) is 4.90 Å². The van der Waals surface area contributed by atoms with Gasteiger partial charge in [0.05, 0.1) is 6.54 Å². The monoisotopic (exact) mass is 401 g/mol. The maximum Gasteiger partial charge on any atom is 0.247 e. The normalized spacial score (nSPS) is 14.8. The van der Waals surface area contributed by atoms with Crippen LogP contribution in [0.3, 0.4) is 0 Å². The number of para-hydroxylation sites is 3. The molecular weight excluding hydrogens is 382 g/mol. The topological polar surface area (TPSA) is 51.9 Å². The molecule has 0 saturated carbocycles. The van der Waals surface area contributed by atoms with Crippen molar-refractivity contribution in [2.24, 2.45) is 0 Å². The van der Waals surface area contributed by atoms with Crippen molar-refractivity contribution in [2.75, 3.05) is 11.4 Å². The van der Waals surface area contributed by atoms with Gasteiger partial charge in [0.25, 0.3) is 0 Å². The molecule has 0 bridgehead atoms. The molecule has 6 rings (SSSR count). The van der Waals surface area contributed by atoms with Crippen LogP contribution in [0.5, 0.6) is 0 Å². The Bertz CT molecular complexity index is 1440. The van der Waals surface area contributed by atoms with Crippen molar-refractivity contribution in [3.8, 4) is 12.3 Å². The quantitative estimate of drug-likeness (QED) is 0.412. The zero-order valence-electron chi connectivity index (χ0n) is 16.7.